The molecule has 1 heterocycles. The van der Waals surface area contributed by atoms with Crippen molar-refractivity contribution in [3.63, 3.8) is 0 Å². The topological polar surface area (TPSA) is 75.7 Å². The SMILES string of the molecule is Cc1cccc(COc2ccc(Cl)cc2/C=C2\C(=O)NC(=O)N(c3ccc(Cl)c(Cl)c3)C2=O)c1. The summed E-state index contributed by atoms with van der Waals surface area (Å²) in [4.78, 5) is 39.0. The number of rotatable bonds is 5. The van der Waals surface area contributed by atoms with Crippen molar-refractivity contribution in [2.45, 2.75) is 13.5 Å². The molecule has 3 aromatic carbocycles. The number of benzene rings is 3. The Labute approximate surface area is 210 Å². The Morgan fingerprint density at radius 2 is 1.74 bits per heavy atom. The largest absolute Gasteiger partial charge is 0.488 e. The molecular weight excluding hydrogens is 499 g/mol. The first-order chi connectivity index (χ1) is 16.2. The van der Waals surface area contributed by atoms with Crippen LogP contribution in [0, 0.1) is 6.92 Å². The number of amides is 4. The number of hydrogen-bond acceptors (Lipinski definition) is 4. The van der Waals surface area contributed by atoms with Crippen molar-refractivity contribution >= 4 is 64.4 Å². The highest BCUT2D eigenvalue weighted by Gasteiger charge is 2.37. The van der Waals surface area contributed by atoms with E-state index in [2.05, 4.69) is 5.32 Å². The summed E-state index contributed by atoms with van der Waals surface area (Å²) in [7, 11) is 0. The van der Waals surface area contributed by atoms with E-state index in [1.165, 1.54) is 24.3 Å². The molecule has 1 aliphatic rings. The molecular formula is C25H17Cl3N2O4. The van der Waals surface area contributed by atoms with E-state index in [4.69, 9.17) is 39.5 Å². The van der Waals surface area contributed by atoms with Gasteiger partial charge in [-0.15, -0.1) is 0 Å². The molecule has 34 heavy (non-hydrogen) atoms. The smallest absolute Gasteiger partial charge is 0.335 e. The van der Waals surface area contributed by atoms with Gasteiger partial charge in [-0.1, -0.05) is 64.6 Å². The monoisotopic (exact) mass is 514 g/mol. The number of hydrogen-bond donors (Lipinski definition) is 1. The third-order valence-electron chi connectivity index (χ3n) is 5.01. The maximum Gasteiger partial charge on any atom is 0.335 e. The zero-order chi connectivity index (χ0) is 24.4. The van der Waals surface area contributed by atoms with Crippen LogP contribution in [0.3, 0.4) is 0 Å². The number of halogens is 3. The second-order valence-corrected chi connectivity index (χ2v) is 8.77. The zero-order valence-electron chi connectivity index (χ0n) is 17.8. The van der Waals surface area contributed by atoms with Gasteiger partial charge in [0.25, 0.3) is 11.8 Å². The molecule has 6 nitrogen and oxygen atoms in total. The maximum absolute atomic E-state index is 13.2. The number of anilines is 1. The molecule has 172 valence electrons. The Balaban J connectivity index is 1.68. The fourth-order valence-corrected chi connectivity index (χ4v) is 3.87. The minimum absolute atomic E-state index is 0.156. The third-order valence-corrected chi connectivity index (χ3v) is 5.99. The predicted molar refractivity (Wildman–Crippen MR) is 132 cm³/mol. The molecule has 4 rings (SSSR count). The number of carbonyl (C=O) groups excluding carboxylic acids is 3. The Morgan fingerprint density at radius 3 is 2.47 bits per heavy atom. The van der Waals surface area contributed by atoms with E-state index in [0.717, 1.165) is 16.0 Å². The van der Waals surface area contributed by atoms with Crippen LogP contribution in [0.1, 0.15) is 16.7 Å². The Morgan fingerprint density at radius 1 is 0.941 bits per heavy atom. The number of aryl methyl sites for hydroxylation is 1. The molecule has 9 heteroatoms. The molecule has 0 aliphatic carbocycles. The van der Waals surface area contributed by atoms with E-state index >= 15 is 0 Å². The van der Waals surface area contributed by atoms with Gasteiger partial charge in [0, 0.05) is 10.6 Å². The third kappa shape index (κ3) is 5.09. The Bertz CT molecular complexity index is 1350. The highest BCUT2D eigenvalue weighted by atomic mass is 35.5. The van der Waals surface area contributed by atoms with Crippen LogP contribution in [0.15, 0.2) is 66.2 Å². The minimum Gasteiger partial charge on any atom is -0.488 e. The number of urea groups is 1. The molecule has 0 atom stereocenters. The second kappa shape index (κ2) is 9.89. The summed E-state index contributed by atoms with van der Waals surface area (Å²) >= 11 is 18.1. The number of barbiturate groups is 1. The summed E-state index contributed by atoms with van der Waals surface area (Å²) in [6, 6.07) is 16.1. The average molecular weight is 516 g/mol. The molecule has 0 saturated carbocycles. The van der Waals surface area contributed by atoms with Crippen molar-refractivity contribution in [1.29, 1.82) is 0 Å². The molecule has 1 saturated heterocycles. The molecule has 0 spiro atoms. The predicted octanol–water partition coefficient (Wildman–Crippen LogP) is 6.20. The van der Waals surface area contributed by atoms with Crippen LogP contribution in [0.2, 0.25) is 15.1 Å². The summed E-state index contributed by atoms with van der Waals surface area (Å²) in [5.41, 5.74) is 2.35. The molecule has 3 aromatic rings. The van der Waals surface area contributed by atoms with Gasteiger partial charge < -0.3 is 4.74 Å². The lowest BCUT2D eigenvalue weighted by Crippen LogP contribution is -2.54. The van der Waals surface area contributed by atoms with E-state index < -0.39 is 17.8 Å². The first-order valence-electron chi connectivity index (χ1n) is 10.1. The van der Waals surface area contributed by atoms with Gasteiger partial charge in [-0.2, -0.15) is 0 Å². The van der Waals surface area contributed by atoms with Gasteiger partial charge in [-0.25, -0.2) is 9.69 Å². The van der Waals surface area contributed by atoms with E-state index in [1.54, 1.807) is 18.2 Å². The number of carbonyl (C=O) groups is 3. The minimum atomic E-state index is -0.896. The van der Waals surface area contributed by atoms with E-state index in [0.29, 0.717) is 16.3 Å². The first-order valence-corrected chi connectivity index (χ1v) is 11.2. The highest BCUT2D eigenvalue weighted by molar-refractivity contribution is 6.43. The van der Waals surface area contributed by atoms with Gasteiger partial charge in [0.2, 0.25) is 0 Å². The van der Waals surface area contributed by atoms with E-state index in [1.807, 2.05) is 31.2 Å². The van der Waals surface area contributed by atoms with Crippen LogP contribution in [0.4, 0.5) is 10.5 Å². The summed E-state index contributed by atoms with van der Waals surface area (Å²) in [5.74, 6) is -1.25. The van der Waals surface area contributed by atoms with Crippen LogP contribution in [-0.4, -0.2) is 17.8 Å². The molecule has 1 aliphatic heterocycles. The van der Waals surface area contributed by atoms with Crippen molar-refractivity contribution in [3.8, 4) is 5.75 Å². The van der Waals surface area contributed by atoms with Gasteiger partial charge in [0.15, 0.2) is 0 Å². The van der Waals surface area contributed by atoms with Crippen molar-refractivity contribution in [2.75, 3.05) is 4.90 Å². The van der Waals surface area contributed by atoms with Crippen molar-refractivity contribution in [3.05, 3.63) is 98.0 Å². The van der Waals surface area contributed by atoms with E-state index in [-0.39, 0.29) is 27.9 Å². The number of nitrogens with zero attached hydrogens (tertiary/aromatic N) is 1. The number of ether oxygens (including phenoxy) is 1. The number of imide groups is 2. The van der Waals surface area contributed by atoms with E-state index in [9.17, 15) is 14.4 Å². The molecule has 0 unspecified atom stereocenters. The van der Waals surface area contributed by atoms with Crippen LogP contribution in [0.25, 0.3) is 6.08 Å². The van der Waals surface area contributed by atoms with Crippen molar-refractivity contribution in [2.24, 2.45) is 0 Å². The van der Waals surface area contributed by atoms with Crippen LogP contribution < -0.4 is 15.0 Å². The molecule has 0 aromatic heterocycles. The average Bonchev–Trinajstić information content (AvgIpc) is 2.78. The first kappa shape index (κ1) is 23.8. The van der Waals surface area contributed by atoms with Crippen LogP contribution in [0.5, 0.6) is 5.75 Å². The quantitative estimate of drug-likeness (QED) is 0.324. The molecule has 0 bridgehead atoms. The maximum atomic E-state index is 13.2. The zero-order valence-corrected chi connectivity index (χ0v) is 20.0. The lowest BCUT2D eigenvalue weighted by atomic mass is 10.1. The standard InChI is InChI=1S/C25H17Cl3N2O4/c1-14-3-2-4-15(9-14)13-34-22-8-5-17(26)10-16(22)11-19-23(31)29-25(33)30(24(19)32)18-6-7-20(27)21(28)12-18/h2-12H,13H2,1H3,(H,29,31,33)/b19-11+. The Kier molecular flexibility index (Phi) is 6.93. The van der Waals surface area contributed by atoms with Gasteiger partial charge in [-0.3, -0.25) is 14.9 Å². The lowest BCUT2D eigenvalue weighted by Gasteiger charge is -2.26. The van der Waals surface area contributed by atoms with Gasteiger partial charge in [-0.05, 0) is 55.0 Å². The molecule has 1 N–H and O–H groups in total. The van der Waals surface area contributed by atoms with Crippen LogP contribution in [-0.2, 0) is 16.2 Å². The fraction of sp³-hybridized carbons (Fsp3) is 0.0800. The summed E-state index contributed by atoms with van der Waals surface area (Å²) in [5, 5.41) is 2.97. The molecule has 0 radical (unpaired) electrons. The molecule has 1 fully saturated rings. The molecule has 4 amide bonds. The number of nitrogens with one attached hydrogen (secondary N) is 1. The lowest BCUT2D eigenvalue weighted by molar-refractivity contribution is -0.122. The van der Waals surface area contributed by atoms with Gasteiger partial charge >= 0.3 is 6.03 Å². The Hall–Kier alpha value is -3.32. The summed E-state index contributed by atoms with van der Waals surface area (Å²) in [6.45, 7) is 2.25. The van der Waals surface area contributed by atoms with Crippen molar-refractivity contribution in [1.82, 2.24) is 5.32 Å². The highest BCUT2D eigenvalue weighted by Crippen LogP contribution is 2.31. The normalized spacial score (nSPS) is 15.0. The fourth-order valence-electron chi connectivity index (χ4n) is 3.40. The second-order valence-electron chi connectivity index (χ2n) is 7.52. The van der Waals surface area contributed by atoms with Crippen molar-refractivity contribution < 1.29 is 19.1 Å². The van der Waals surface area contributed by atoms with Crippen LogP contribution >= 0.6 is 34.8 Å². The van der Waals surface area contributed by atoms with Gasteiger partial charge in [0.05, 0.1) is 15.7 Å². The van der Waals surface area contributed by atoms with Gasteiger partial charge in [0.1, 0.15) is 17.9 Å². The summed E-state index contributed by atoms with van der Waals surface area (Å²) < 4.78 is 5.95. The summed E-state index contributed by atoms with van der Waals surface area (Å²) in [6.07, 6.45) is 1.34.